The summed E-state index contributed by atoms with van der Waals surface area (Å²) in [7, 11) is 0. The van der Waals surface area contributed by atoms with Crippen molar-refractivity contribution in [3.05, 3.63) is 0 Å². The van der Waals surface area contributed by atoms with Gasteiger partial charge in [0.05, 0.1) is 12.6 Å². The lowest BCUT2D eigenvalue weighted by atomic mass is 10.1. The zero-order valence-electron chi connectivity index (χ0n) is 7.90. The van der Waals surface area contributed by atoms with Crippen molar-refractivity contribution >= 4 is 11.9 Å². The predicted molar refractivity (Wildman–Crippen MR) is 48.5 cm³/mol. The third-order valence-electron chi connectivity index (χ3n) is 2.89. The van der Waals surface area contributed by atoms with E-state index in [-0.39, 0.29) is 30.5 Å². The molecule has 2 atom stereocenters. The average molecular weight is 198 g/mol. The van der Waals surface area contributed by atoms with Gasteiger partial charge in [-0.2, -0.15) is 0 Å². The highest BCUT2D eigenvalue weighted by molar-refractivity contribution is 6.01. The Balaban J connectivity index is 1.90. The van der Waals surface area contributed by atoms with Gasteiger partial charge in [-0.05, 0) is 25.2 Å². The Morgan fingerprint density at radius 2 is 2.21 bits per heavy atom. The molecule has 0 spiro atoms. The van der Waals surface area contributed by atoms with E-state index in [2.05, 4.69) is 5.32 Å². The van der Waals surface area contributed by atoms with Crippen LogP contribution in [0, 0.1) is 5.92 Å². The maximum atomic E-state index is 11.2. The standard InChI is InChI=1S/C9H14N2O3/c12-7-2-1-6(3-7)5-11-8(13)4-10-9(11)14/h6-7,12H,1-5H2,(H,10,14). The molecule has 2 fully saturated rings. The van der Waals surface area contributed by atoms with Gasteiger partial charge in [-0.3, -0.25) is 9.69 Å². The van der Waals surface area contributed by atoms with Crippen LogP contribution in [0.5, 0.6) is 0 Å². The number of amides is 3. The molecule has 1 saturated carbocycles. The van der Waals surface area contributed by atoms with Crippen LogP contribution in [0.4, 0.5) is 4.79 Å². The first-order valence-corrected chi connectivity index (χ1v) is 4.93. The van der Waals surface area contributed by atoms with E-state index >= 15 is 0 Å². The summed E-state index contributed by atoms with van der Waals surface area (Å²) in [5, 5.41) is 11.8. The molecule has 1 aliphatic heterocycles. The minimum Gasteiger partial charge on any atom is -0.393 e. The third-order valence-corrected chi connectivity index (χ3v) is 2.89. The number of hydrogen-bond donors (Lipinski definition) is 2. The van der Waals surface area contributed by atoms with Crippen LogP contribution in [0.2, 0.25) is 0 Å². The summed E-state index contributed by atoms with van der Waals surface area (Å²) in [6.07, 6.45) is 2.14. The highest BCUT2D eigenvalue weighted by Crippen LogP contribution is 2.26. The van der Waals surface area contributed by atoms with Crippen LogP contribution in [0.3, 0.4) is 0 Å². The summed E-state index contributed by atoms with van der Waals surface area (Å²) < 4.78 is 0. The van der Waals surface area contributed by atoms with Gasteiger partial charge in [-0.15, -0.1) is 0 Å². The molecule has 2 unspecified atom stereocenters. The zero-order chi connectivity index (χ0) is 10.1. The van der Waals surface area contributed by atoms with Gasteiger partial charge in [-0.1, -0.05) is 0 Å². The Labute approximate surface area is 82.1 Å². The molecule has 0 aromatic rings. The molecule has 2 rings (SSSR count). The molecule has 78 valence electrons. The number of carbonyl (C=O) groups is 2. The molecule has 2 N–H and O–H groups in total. The number of carbonyl (C=O) groups excluding carboxylic acids is 2. The first kappa shape index (κ1) is 9.45. The molecule has 1 aliphatic carbocycles. The van der Waals surface area contributed by atoms with Gasteiger partial charge in [0, 0.05) is 6.54 Å². The first-order valence-electron chi connectivity index (χ1n) is 4.93. The van der Waals surface area contributed by atoms with Crippen molar-refractivity contribution in [3.63, 3.8) is 0 Å². The van der Waals surface area contributed by atoms with Crippen LogP contribution in [0.25, 0.3) is 0 Å². The van der Waals surface area contributed by atoms with Gasteiger partial charge in [0.2, 0.25) is 5.91 Å². The van der Waals surface area contributed by atoms with Crippen LogP contribution in [-0.2, 0) is 4.79 Å². The summed E-state index contributed by atoms with van der Waals surface area (Å²) in [6.45, 7) is 0.579. The van der Waals surface area contributed by atoms with E-state index < -0.39 is 0 Å². The van der Waals surface area contributed by atoms with Crippen molar-refractivity contribution in [3.8, 4) is 0 Å². The van der Waals surface area contributed by atoms with E-state index in [0.29, 0.717) is 13.0 Å². The molecule has 2 aliphatic rings. The minimum absolute atomic E-state index is 0.119. The van der Waals surface area contributed by atoms with Gasteiger partial charge in [0.15, 0.2) is 0 Å². The summed E-state index contributed by atoms with van der Waals surface area (Å²) in [6, 6.07) is -0.295. The second-order valence-corrected chi connectivity index (χ2v) is 4.00. The van der Waals surface area contributed by atoms with E-state index in [0.717, 1.165) is 12.8 Å². The molecule has 14 heavy (non-hydrogen) atoms. The number of nitrogens with zero attached hydrogens (tertiary/aromatic N) is 1. The summed E-state index contributed by atoms with van der Waals surface area (Å²) in [5.41, 5.74) is 0. The Bertz CT molecular complexity index is 251. The molecular formula is C9H14N2O3. The molecular weight excluding hydrogens is 184 g/mol. The van der Waals surface area contributed by atoms with E-state index in [1.807, 2.05) is 0 Å². The molecule has 5 heteroatoms. The summed E-state index contributed by atoms with van der Waals surface area (Å²) >= 11 is 0. The van der Waals surface area contributed by atoms with Crippen molar-refractivity contribution in [2.45, 2.75) is 25.4 Å². The maximum Gasteiger partial charge on any atom is 0.324 e. The summed E-state index contributed by atoms with van der Waals surface area (Å²) in [5.74, 6) is 0.120. The average Bonchev–Trinajstić information content (AvgIpc) is 2.67. The fraction of sp³-hybridized carbons (Fsp3) is 0.778. The fourth-order valence-corrected chi connectivity index (χ4v) is 2.11. The fourth-order valence-electron chi connectivity index (χ4n) is 2.11. The number of hydrogen-bond acceptors (Lipinski definition) is 3. The lowest BCUT2D eigenvalue weighted by Crippen LogP contribution is -2.35. The quantitative estimate of drug-likeness (QED) is 0.598. The van der Waals surface area contributed by atoms with Crippen LogP contribution in [0.15, 0.2) is 0 Å². The van der Waals surface area contributed by atoms with Crippen molar-refractivity contribution in [1.29, 1.82) is 0 Å². The Kier molecular flexibility index (Phi) is 2.41. The third kappa shape index (κ3) is 1.72. The van der Waals surface area contributed by atoms with Crippen LogP contribution in [0.1, 0.15) is 19.3 Å². The van der Waals surface area contributed by atoms with Crippen molar-refractivity contribution in [2.24, 2.45) is 5.92 Å². The van der Waals surface area contributed by atoms with Gasteiger partial charge >= 0.3 is 6.03 Å². The highest BCUT2D eigenvalue weighted by Gasteiger charge is 2.33. The van der Waals surface area contributed by atoms with E-state index in [4.69, 9.17) is 0 Å². The van der Waals surface area contributed by atoms with E-state index in [1.165, 1.54) is 4.90 Å². The molecule has 1 heterocycles. The Morgan fingerprint density at radius 1 is 1.43 bits per heavy atom. The van der Waals surface area contributed by atoms with Crippen LogP contribution in [-0.4, -0.2) is 41.1 Å². The molecule has 1 saturated heterocycles. The Hall–Kier alpha value is -1.10. The topological polar surface area (TPSA) is 69.6 Å². The van der Waals surface area contributed by atoms with Gasteiger partial charge in [-0.25, -0.2) is 4.79 Å². The molecule has 3 amide bonds. The van der Waals surface area contributed by atoms with Gasteiger partial charge in [0.25, 0.3) is 0 Å². The summed E-state index contributed by atoms with van der Waals surface area (Å²) in [4.78, 5) is 23.7. The van der Waals surface area contributed by atoms with Crippen LogP contribution >= 0.6 is 0 Å². The van der Waals surface area contributed by atoms with E-state index in [1.54, 1.807) is 0 Å². The SMILES string of the molecule is O=C1CNC(=O)N1CC1CCC(O)C1. The van der Waals surface area contributed by atoms with Crippen LogP contribution < -0.4 is 5.32 Å². The molecule has 0 radical (unpaired) electrons. The minimum atomic E-state index is -0.295. The highest BCUT2D eigenvalue weighted by atomic mass is 16.3. The monoisotopic (exact) mass is 198 g/mol. The molecule has 5 nitrogen and oxygen atoms in total. The molecule has 0 bridgehead atoms. The number of urea groups is 1. The number of rotatable bonds is 2. The lowest BCUT2D eigenvalue weighted by molar-refractivity contribution is -0.125. The number of imide groups is 1. The predicted octanol–water partition coefficient (Wildman–Crippen LogP) is -0.301. The lowest BCUT2D eigenvalue weighted by Gasteiger charge is -2.16. The largest absolute Gasteiger partial charge is 0.393 e. The number of aliphatic hydroxyl groups is 1. The smallest absolute Gasteiger partial charge is 0.324 e. The Morgan fingerprint density at radius 3 is 2.71 bits per heavy atom. The zero-order valence-corrected chi connectivity index (χ0v) is 7.90. The number of aliphatic hydroxyl groups excluding tert-OH is 1. The van der Waals surface area contributed by atoms with Gasteiger partial charge in [0.1, 0.15) is 0 Å². The molecule has 0 aromatic carbocycles. The van der Waals surface area contributed by atoms with Crippen molar-refractivity contribution < 1.29 is 14.7 Å². The normalized spacial score (nSPS) is 32.5. The second-order valence-electron chi connectivity index (χ2n) is 4.00. The molecule has 0 aromatic heterocycles. The first-order chi connectivity index (χ1) is 6.66. The van der Waals surface area contributed by atoms with Gasteiger partial charge < -0.3 is 10.4 Å². The van der Waals surface area contributed by atoms with Crippen molar-refractivity contribution in [1.82, 2.24) is 10.2 Å². The number of nitrogens with one attached hydrogen (secondary N) is 1. The van der Waals surface area contributed by atoms with E-state index in [9.17, 15) is 14.7 Å². The maximum absolute atomic E-state index is 11.2. The second kappa shape index (κ2) is 3.57. The van der Waals surface area contributed by atoms with Crippen molar-refractivity contribution in [2.75, 3.05) is 13.1 Å².